The van der Waals surface area contributed by atoms with Crippen molar-refractivity contribution in [2.24, 2.45) is 0 Å². The van der Waals surface area contributed by atoms with Crippen LogP contribution in [-0.2, 0) is 21.7 Å². The summed E-state index contributed by atoms with van der Waals surface area (Å²) in [4.78, 5) is 0. The van der Waals surface area contributed by atoms with Crippen LogP contribution in [0.25, 0.3) is 0 Å². The van der Waals surface area contributed by atoms with Gasteiger partial charge in [-0.3, -0.25) is 0 Å². The average Bonchev–Trinajstić information content (AvgIpc) is 2.16. The van der Waals surface area contributed by atoms with Crippen molar-refractivity contribution in [2.45, 2.75) is 0 Å². The van der Waals surface area contributed by atoms with Crippen molar-refractivity contribution in [2.75, 3.05) is 0 Å². The van der Waals surface area contributed by atoms with Gasteiger partial charge in [-0.15, -0.1) is 81.9 Å². The maximum atomic E-state index is 8.49. The third-order valence-electron chi connectivity index (χ3n) is 0. The van der Waals surface area contributed by atoms with E-state index in [4.69, 9.17) is 149 Å². The number of hydrogen-bond acceptors (Lipinski definition) is 32. The summed E-state index contributed by atoms with van der Waals surface area (Å²) in [5.41, 5.74) is 0. The molecular weight excluding hydrogens is 910 g/mol. The van der Waals surface area contributed by atoms with E-state index < -0.39 is 81.9 Å². The maximum absolute atomic E-state index is 8.49. The molecule has 0 saturated heterocycles. The first kappa shape index (κ1) is 76.7. The summed E-state index contributed by atoms with van der Waals surface area (Å²) < 4.78 is 272. The molecule has 256 valence electrons. The van der Waals surface area contributed by atoms with Crippen LogP contribution in [0.4, 0.5) is 0 Å². The van der Waals surface area contributed by atoms with Crippen LogP contribution < -0.4 is 200 Å². The van der Waals surface area contributed by atoms with Gasteiger partial charge in [0.15, 0.2) is 0 Å². The zero-order valence-corrected chi connectivity index (χ0v) is 30.1. The quantitative estimate of drug-likeness (QED) is 0.204. The molecule has 0 N–H and O–H groups in total. The Morgan fingerprint density at radius 3 is 0.163 bits per heavy atom. The summed E-state index contributed by atoms with van der Waals surface area (Å²) in [6.45, 7) is 0. The van der Waals surface area contributed by atoms with Crippen molar-refractivity contribution in [1.29, 1.82) is 0 Å². The van der Waals surface area contributed by atoms with Gasteiger partial charge in [0.25, 0.3) is 0 Å². The van der Waals surface area contributed by atoms with Crippen molar-refractivity contribution in [3.05, 3.63) is 0 Å². The monoisotopic (exact) mass is 905 g/mol. The molecule has 0 atom stereocenters. The van der Waals surface area contributed by atoms with E-state index in [0.29, 0.717) is 0 Å². The molecule has 0 fully saturated rings. The topological polar surface area (TPSA) is 738 Å². The molecule has 0 radical (unpaired) electrons. The van der Waals surface area contributed by atoms with Crippen LogP contribution in [0.2, 0.25) is 0 Å². The fourth-order valence-electron chi connectivity index (χ4n) is 0. The number of hydrogen-bond donors (Lipinski definition) is 0. The SMILES string of the molecule is [Al+3].[K+].[O-][Cl+3]([O-])([O-])[O-].[O-][Cl+3]([O-])([O-])[O-].[O-][Cl+3]([O-])([O-])[O-].[O-][Cl+3]([O-])([O-])[O-].[O-][Cl+3]([O-])([O-])[O-].[O-][Cl+3]([O-])([O-])[O-].[O-][Cl+3]([O-])([O-])[O-].[O-][Cl+3]([O-])([O-])[O-].[Ti+4]. The second-order valence-corrected chi connectivity index (χ2v) is 9.07. The molecule has 43 heteroatoms. The smallest absolute Gasteiger partial charge is 0.222 e. The standard InChI is InChI=1S/Al.8ClHO4.K.Ti/c;8*2-1(3,4)5;;/h;8*(H,2,3,4,5);;/q+3;;;;;;;;;+1;+4/p-8. The first-order valence-corrected chi connectivity index (χ1v) is 14.8. The Morgan fingerprint density at radius 1 is 0.163 bits per heavy atom. The summed E-state index contributed by atoms with van der Waals surface area (Å²) in [6, 6.07) is 0. The molecule has 0 aromatic heterocycles. The van der Waals surface area contributed by atoms with E-state index in [9.17, 15) is 0 Å². The minimum absolute atomic E-state index is 0. The van der Waals surface area contributed by atoms with Crippen LogP contribution in [0.5, 0.6) is 0 Å². The van der Waals surface area contributed by atoms with Crippen LogP contribution in [0.1, 0.15) is 0 Å². The zero-order valence-electron chi connectivity index (χ0n) is 18.2. The van der Waals surface area contributed by atoms with Gasteiger partial charge < -0.3 is 0 Å². The van der Waals surface area contributed by atoms with Crippen LogP contribution >= 0.6 is 0 Å². The summed E-state index contributed by atoms with van der Waals surface area (Å²) in [6.07, 6.45) is 0. The molecule has 0 heterocycles. The van der Waals surface area contributed by atoms with Gasteiger partial charge in [-0.25, -0.2) is 149 Å². The van der Waals surface area contributed by atoms with E-state index in [0.717, 1.165) is 0 Å². The van der Waals surface area contributed by atoms with Crippen LogP contribution in [0.15, 0.2) is 0 Å². The second-order valence-electron chi connectivity index (χ2n) is 3.02. The van der Waals surface area contributed by atoms with E-state index >= 15 is 0 Å². The van der Waals surface area contributed by atoms with E-state index in [1.54, 1.807) is 0 Å². The molecule has 0 rings (SSSR count). The summed E-state index contributed by atoms with van der Waals surface area (Å²) >= 11 is 0. The van der Waals surface area contributed by atoms with Gasteiger partial charge in [-0.1, -0.05) is 0 Å². The number of rotatable bonds is 0. The van der Waals surface area contributed by atoms with Crippen molar-refractivity contribution in [3.63, 3.8) is 0 Å². The minimum Gasteiger partial charge on any atom is -0.222 e. The fraction of sp³-hybridized carbons (Fsp3) is 0. The van der Waals surface area contributed by atoms with E-state index in [2.05, 4.69) is 0 Å². The molecular formula is AlCl8KO32Ti. The molecule has 0 spiro atoms. The predicted octanol–water partition coefficient (Wildman–Crippen LogP) is -41.4. The molecule has 0 unspecified atom stereocenters. The molecule has 0 aromatic rings. The minimum atomic E-state index is -4.94. The summed E-state index contributed by atoms with van der Waals surface area (Å²) in [5.74, 6) is 0. The first-order chi connectivity index (χ1) is 16.0. The van der Waals surface area contributed by atoms with Gasteiger partial charge in [-0.05, 0) is 0 Å². The molecule has 0 aliphatic heterocycles. The molecule has 0 amide bonds. The average molecular weight is 910 g/mol. The Hall–Kier alpha value is 3.92. The maximum Gasteiger partial charge on any atom is 4.00 e. The molecule has 0 aromatic carbocycles. The van der Waals surface area contributed by atoms with Crippen LogP contribution in [-0.4, -0.2) is 17.4 Å². The second kappa shape index (κ2) is 34.4. The van der Waals surface area contributed by atoms with Crippen molar-refractivity contribution >= 4 is 17.4 Å². The molecule has 32 nitrogen and oxygen atoms in total. The molecule has 0 bridgehead atoms. The van der Waals surface area contributed by atoms with Gasteiger partial charge in [-0.2, -0.15) is 0 Å². The Morgan fingerprint density at radius 2 is 0.163 bits per heavy atom. The normalized spacial score (nSPS) is 11.2. The van der Waals surface area contributed by atoms with Gasteiger partial charge in [0.05, 0.1) is 0 Å². The van der Waals surface area contributed by atoms with Gasteiger partial charge in [0, 0.05) is 0 Å². The van der Waals surface area contributed by atoms with E-state index in [1.165, 1.54) is 0 Å². The van der Waals surface area contributed by atoms with Crippen LogP contribution in [0, 0.1) is 81.9 Å². The summed E-state index contributed by atoms with van der Waals surface area (Å²) in [5, 5.41) is 0. The predicted molar refractivity (Wildman–Crippen MR) is 5.75 cm³/mol. The van der Waals surface area contributed by atoms with Crippen molar-refractivity contribution in [1.82, 2.24) is 0 Å². The first-order valence-electron chi connectivity index (χ1n) is 4.94. The van der Waals surface area contributed by atoms with Crippen molar-refractivity contribution in [3.8, 4) is 0 Å². The molecule has 0 aliphatic carbocycles. The van der Waals surface area contributed by atoms with E-state index in [-0.39, 0.29) is 90.5 Å². The van der Waals surface area contributed by atoms with Gasteiger partial charge >= 0.3 is 90.5 Å². The van der Waals surface area contributed by atoms with Gasteiger partial charge in [0.2, 0.25) is 0 Å². The Kier molecular flexibility index (Phi) is 61.3. The Labute approximate surface area is 317 Å². The molecule has 0 aliphatic rings. The fourth-order valence-corrected chi connectivity index (χ4v) is 0. The third-order valence-corrected chi connectivity index (χ3v) is 0. The summed E-state index contributed by atoms with van der Waals surface area (Å²) in [7, 11) is -39.6. The van der Waals surface area contributed by atoms with Crippen LogP contribution in [0.3, 0.4) is 0 Å². The number of halogens is 8. The molecule has 43 heavy (non-hydrogen) atoms. The Balaban J connectivity index is -0.0000000299. The molecule has 0 saturated carbocycles. The third kappa shape index (κ3) is 5760. The van der Waals surface area contributed by atoms with E-state index in [1.807, 2.05) is 0 Å². The largest absolute Gasteiger partial charge is 4.00 e. The van der Waals surface area contributed by atoms with Gasteiger partial charge in [0.1, 0.15) is 0 Å². The Bertz CT molecular complexity index is 317. The zero-order chi connectivity index (χ0) is 36.0. The van der Waals surface area contributed by atoms with Crippen molar-refractivity contribution < 1.29 is 304 Å².